The maximum absolute atomic E-state index is 13.2. The van der Waals surface area contributed by atoms with Crippen molar-refractivity contribution in [1.82, 2.24) is 0 Å². The predicted molar refractivity (Wildman–Crippen MR) is 122 cm³/mol. The second kappa shape index (κ2) is 12.2. The molecule has 2 aromatic rings. The van der Waals surface area contributed by atoms with Gasteiger partial charge in [0.1, 0.15) is 31.0 Å². The van der Waals surface area contributed by atoms with Gasteiger partial charge in [-0.25, -0.2) is 0 Å². The molecule has 0 heterocycles. The van der Waals surface area contributed by atoms with Gasteiger partial charge in [-0.3, -0.25) is 0 Å². The van der Waals surface area contributed by atoms with Crippen LogP contribution in [0, 0.1) is 13.8 Å². The first-order chi connectivity index (χ1) is 15.7. The molecular weight excluding hydrogens is 435 g/mol. The zero-order chi connectivity index (χ0) is 24.4. The fourth-order valence-electron chi connectivity index (χ4n) is 3.16. The van der Waals surface area contributed by atoms with Crippen LogP contribution < -0.4 is 14.2 Å². The van der Waals surface area contributed by atoms with Crippen molar-refractivity contribution in [3.8, 4) is 17.2 Å². The Balaban J connectivity index is 1.96. The van der Waals surface area contributed by atoms with Crippen molar-refractivity contribution in [2.24, 2.45) is 5.16 Å². The lowest BCUT2D eigenvalue weighted by molar-refractivity contribution is -0.0608. The summed E-state index contributed by atoms with van der Waals surface area (Å²) >= 11 is 0. The summed E-state index contributed by atoms with van der Waals surface area (Å²) in [4.78, 5) is 4.35. The van der Waals surface area contributed by atoms with E-state index in [1.54, 1.807) is 6.07 Å². The van der Waals surface area contributed by atoms with Crippen LogP contribution in [0.4, 0.5) is 13.2 Å². The Bertz CT molecular complexity index is 947. The molecule has 0 bridgehead atoms. The molecule has 0 aliphatic rings. The van der Waals surface area contributed by atoms with E-state index in [1.165, 1.54) is 18.2 Å². The lowest BCUT2D eigenvalue weighted by Crippen LogP contribution is -2.24. The zero-order valence-electron chi connectivity index (χ0n) is 19.5. The van der Waals surface area contributed by atoms with Crippen LogP contribution in [-0.4, -0.2) is 38.3 Å². The predicted octanol–water partition coefficient (Wildman–Crippen LogP) is 6.41. The minimum Gasteiger partial charge on any atom is -0.493 e. The molecule has 0 aliphatic carbocycles. The van der Waals surface area contributed by atoms with Crippen LogP contribution in [0.15, 0.2) is 53.7 Å². The molecule has 33 heavy (non-hydrogen) atoms. The van der Waals surface area contributed by atoms with Crippen LogP contribution in [-0.2, 0) is 4.84 Å². The molecule has 0 saturated heterocycles. The number of oxime groups is 1. The van der Waals surface area contributed by atoms with Gasteiger partial charge < -0.3 is 19.0 Å². The fourth-order valence-corrected chi connectivity index (χ4v) is 3.16. The normalized spacial score (nSPS) is 13.2. The molecule has 5 nitrogen and oxygen atoms in total. The molecule has 8 heteroatoms. The van der Waals surface area contributed by atoms with Crippen molar-refractivity contribution in [2.75, 3.05) is 20.3 Å². The maximum Gasteiger partial charge on any atom is 0.437 e. The maximum atomic E-state index is 13.2. The summed E-state index contributed by atoms with van der Waals surface area (Å²) in [6, 6.07) is 9.54. The summed E-state index contributed by atoms with van der Waals surface area (Å²) < 4.78 is 57.1. The summed E-state index contributed by atoms with van der Waals surface area (Å²) in [6.45, 7) is 8.58. The average molecular weight is 466 g/mol. The van der Waals surface area contributed by atoms with E-state index < -0.39 is 11.9 Å². The van der Waals surface area contributed by atoms with Crippen LogP contribution in [0.2, 0.25) is 0 Å². The summed E-state index contributed by atoms with van der Waals surface area (Å²) in [7, 11) is 1.07. The average Bonchev–Trinajstić information content (AvgIpc) is 2.73. The van der Waals surface area contributed by atoms with Crippen LogP contribution in [0.1, 0.15) is 37.0 Å². The SMILES string of the molecule is C/C=C/COc1cc(C)c(OCCC(C)Oc2cccc(C(=NOC)C(F)(F)F)c2)c(C)c1. The number of benzene rings is 2. The van der Waals surface area contributed by atoms with Crippen molar-refractivity contribution in [2.45, 2.75) is 46.4 Å². The third-order valence-electron chi connectivity index (χ3n) is 4.68. The van der Waals surface area contributed by atoms with E-state index in [2.05, 4.69) is 9.99 Å². The Morgan fingerprint density at radius 3 is 2.36 bits per heavy atom. The summed E-state index contributed by atoms with van der Waals surface area (Å²) in [5, 5.41) is 3.12. The Morgan fingerprint density at radius 1 is 1.06 bits per heavy atom. The lowest BCUT2D eigenvalue weighted by Gasteiger charge is -2.18. The van der Waals surface area contributed by atoms with Gasteiger partial charge in [0.05, 0.1) is 12.7 Å². The molecule has 0 N–H and O–H groups in total. The molecule has 180 valence electrons. The molecule has 0 saturated carbocycles. The van der Waals surface area contributed by atoms with Gasteiger partial charge in [0.2, 0.25) is 0 Å². The highest BCUT2D eigenvalue weighted by Gasteiger charge is 2.38. The minimum absolute atomic E-state index is 0.131. The first kappa shape index (κ1) is 26.1. The molecule has 2 aromatic carbocycles. The molecule has 1 atom stereocenters. The van der Waals surface area contributed by atoms with Crippen LogP contribution in [0.5, 0.6) is 17.2 Å². The number of alkyl halides is 3. The van der Waals surface area contributed by atoms with Gasteiger partial charge in [0, 0.05) is 12.0 Å². The first-order valence-electron chi connectivity index (χ1n) is 10.6. The number of allylic oxidation sites excluding steroid dienone is 1. The summed E-state index contributed by atoms with van der Waals surface area (Å²) in [5.74, 6) is 1.87. The quantitative estimate of drug-likeness (QED) is 0.219. The van der Waals surface area contributed by atoms with Gasteiger partial charge >= 0.3 is 6.18 Å². The van der Waals surface area contributed by atoms with Gasteiger partial charge in [0.15, 0.2) is 5.71 Å². The molecule has 0 spiro atoms. The molecule has 0 fully saturated rings. The zero-order valence-corrected chi connectivity index (χ0v) is 19.5. The number of nitrogens with zero attached hydrogens (tertiary/aromatic N) is 1. The largest absolute Gasteiger partial charge is 0.493 e. The molecular formula is C25H30F3NO4. The van der Waals surface area contributed by atoms with Gasteiger partial charge in [-0.2, -0.15) is 13.2 Å². The Kier molecular flexibility index (Phi) is 9.63. The number of rotatable bonds is 11. The lowest BCUT2D eigenvalue weighted by atomic mass is 10.1. The Morgan fingerprint density at radius 2 is 1.76 bits per heavy atom. The highest BCUT2D eigenvalue weighted by atomic mass is 19.4. The standard InChI is InChI=1S/C25H30F3NO4/c1-6-7-12-31-22-14-17(2)23(18(3)15-22)32-13-11-19(4)33-21-10-8-9-20(16-21)24(29-30-5)25(26,27)28/h6-10,14-16,19H,11-13H2,1-5H3/b7-6+,29-24?. The first-order valence-corrected chi connectivity index (χ1v) is 10.6. The van der Waals surface area contributed by atoms with Crippen molar-refractivity contribution in [3.63, 3.8) is 0 Å². The van der Waals surface area contributed by atoms with Gasteiger partial charge in [-0.15, -0.1) is 0 Å². The second-order valence-corrected chi connectivity index (χ2v) is 7.48. The van der Waals surface area contributed by atoms with Crippen molar-refractivity contribution in [3.05, 3.63) is 65.2 Å². The smallest absolute Gasteiger partial charge is 0.437 e. The van der Waals surface area contributed by atoms with E-state index in [4.69, 9.17) is 14.2 Å². The second-order valence-electron chi connectivity index (χ2n) is 7.48. The molecule has 0 radical (unpaired) electrons. The van der Waals surface area contributed by atoms with E-state index >= 15 is 0 Å². The molecule has 0 amide bonds. The molecule has 0 aliphatic heterocycles. The van der Waals surface area contributed by atoms with Crippen molar-refractivity contribution >= 4 is 5.71 Å². The summed E-state index contributed by atoms with van der Waals surface area (Å²) in [6.07, 6.45) is -0.518. The number of aryl methyl sites for hydroxylation is 2. The highest BCUT2D eigenvalue weighted by Crippen LogP contribution is 2.29. The van der Waals surface area contributed by atoms with E-state index in [0.717, 1.165) is 29.7 Å². The van der Waals surface area contributed by atoms with Gasteiger partial charge in [0.25, 0.3) is 0 Å². The Labute approximate surface area is 192 Å². The van der Waals surface area contributed by atoms with E-state index in [0.29, 0.717) is 25.4 Å². The third-order valence-corrected chi connectivity index (χ3v) is 4.68. The van der Waals surface area contributed by atoms with Crippen LogP contribution >= 0.6 is 0 Å². The number of hydrogen-bond donors (Lipinski definition) is 0. The number of halogens is 3. The van der Waals surface area contributed by atoms with Gasteiger partial charge in [-0.1, -0.05) is 29.4 Å². The topological polar surface area (TPSA) is 49.3 Å². The molecule has 2 rings (SSSR count). The molecule has 1 unspecified atom stereocenters. The highest BCUT2D eigenvalue weighted by molar-refractivity contribution is 6.04. The minimum atomic E-state index is -4.64. The molecule has 0 aromatic heterocycles. The van der Waals surface area contributed by atoms with Crippen molar-refractivity contribution < 1.29 is 32.2 Å². The van der Waals surface area contributed by atoms with E-state index in [-0.39, 0.29) is 11.7 Å². The monoisotopic (exact) mass is 465 g/mol. The van der Waals surface area contributed by atoms with Crippen LogP contribution in [0.25, 0.3) is 0 Å². The van der Waals surface area contributed by atoms with Crippen molar-refractivity contribution in [1.29, 1.82) is 0 Å². The Hall–Kier alpha value is -3.16. The van der Waals surface area contributed by atoms with Crippen LogP contribution in [0.3, 0.4) is 0 Å². The summed E-state index contributed by atoms with van der Waals surface area (Å²) in [5.41, 5.74) is 0.677. The third kappa shape index (κ3) is 8.04. The van der Waals surface area contributed by atoms with E-state index in [1.807, 2.05) is 52.0 Å². The number of ether oxygens (including phenoxy) is 3. The fraction of sp³-hybridized carbons (Fsp3) is 0.400. The van der Waals surface area contributed by atoms with E-state index in [9.17, 15) is 13.2 Å². The van der Waals surface area contributed by atoms with Gasteiger partial charge in [-0.05, 0) is 63.1 Å². The number of hydrogen-bond acceptors (Lipinski definition) is 5.